The zero-order valence-corrected chi connectivity index (χ0v) is 16.8. The minimum absolute atomic E-state index is 0.0766. The molecule has 0 radical (unpaired) electrons. The number of hydrogen-bond acceptors (Lipinski definition) is 4. The number of nitrogens with zero attached hydrogens (tertiary/aromatic N) is 1. The highest BCUT2D eigenvalue weighted by Crippen LogP contribution is 2.22. The van der Waals surface area contributed by atoms with Crippen molar-refractivity contribution in [3.05, 3.63) is 64.7 Å². The molecule has 0 saturated carbocycles. The molecule has 0 spiro atoms. The van der Waals surface area contributed by atoms with Gasteiger partial charge in [-0.15, -0.1) is 11.3 Å². The molecule has 1 aliphatic rings. The fourth-order valence-electron chi connectivity index (χ4n) is 3.54. The third kappa shape index (κ3) is 4.95. The average Bonchev–Trinajstić information content (AvgIpc) is 3.15. The van der Waals surface area contributed by atoms with Crippen molar-refractivity contribution in [2.75, 3.05) is 26.3 Å². The number of quaternary nitrogens is 1. The van der Waals surface area contributed by atoms with Crippen molar-refractivity contribution in [1.29, 1.82) is 0 Å². The minimum atomic E-state index is 0.0766. The van der Waals surface area contributed by atoms with Crippen LogP contribution >= 0.6 is 11.3 Å². The van der Waals surface area contributed by atoms with Gasteiger partial charge in [-0.2, -0.15) is 0 Å². The summed E-state index contributed by atoms with van der Waals surface area (Å²) in [5.74, 6) is 0.0766. The van der Waals surface area contributed by atoms with E-state index in [2.05, 4.69) is 34.6 Å². The number of carbonyl (C=O) groups is 1. The minimum Gasteiger partial charge on any atom is -0.370 e. The Bertz CT molecular complexity index is 901. The molecule has 0 aliphatic carbocycles. The third-order valence-corrected chi connectivity index (χ3v) is 6.24. The Morgan fingerprint density at radius 3 is 2.64 bits per heavy atom. The first kappa shape index (κ1) is 19.1. The normalized spacial score (nSPS) is 15.0. The summed E-state index contributed by atoms with van der Waals surface area (Å²) in [4.78, 5) is 18.5. The van der Waals surface area contributed by atoms with Crippen LogP contribution in [0.4, 0.5) is 0 Å². The van der Waals surface area contributed by atoms with E-state index < -0.39 is 0 Å². The number of hydrogen-bond donors (Lipinski definition) is 2. The molecule has 6 heteroatoms. The molecule has 1 saturated heterocycles. The van der Waals surface area contributed by atoms with Crippen LogP contribution in [-0.4, -0.2) is 37.2 Å². The largest absolute Gasteiger partial charge is 0.370 e. The van der Waals surface area contributed by atoms with E-state index in [0.29, 0.717) is 19.4 Å². The van der Waals surface area contributed by atoms with E-state index >= 15 is 0 Å². The Morgan fingerprint density at radius 1 is 1.07 bits per heavy atom. The van der Waals surface area contributed by atoms with E-state index in [9.17, 15) is 4.79 Å². The topological polar surface area (TPSA) is 55.7 Å². The summed E-state index contributed by atoms with van der Waals surface area (Å²) in [7, 11) is 0. The smallest absolute Gasteiger partial charge is 0.220 e. The summed E-state index contributed by atoms with van der Waals surface area (Å²) in [6, 6.07) is 16.5. The van der Waals surface area contributed by atoms with Gasteiger partial charge in [0.25, 0.3) is 0 Å². The lowest BCUT2D eigenvalue weighted by atomic mass is 10.1. The Hall–Kier alpha value is -2.28. The predicted molar refractivity (Wildman–Crippen MR) is 111 cm³/mol. The second kappa shape index (κ2) is 9.28. The van der Waals surface area contributed by atoms with Crippen molar-refractivity contribution < 1.29 is 14.4 Å². The van der Waals surface area contributed by atoms with Gasteiger partial charge >= 0.3 is 0 Å². The third-order valence-electron chi connectivity index (χ3n) is 5.14. The Balaban J connectivity index is 1.29. The molecule has 3 aromatic rings. The van der Waals surface area contributed by atoms with Gasteiger partial charge in [-0.3, -0.25) is 4.79 Å². The number of morpholine rings is 1. The van der Waals surface area contributed by atoms with E-state index in [1.807, 2.05) is 24.3 Å². The number of aryl methyl sites for hydroxylation is 1. The summed E-state index contributed by atoms with van der Waals surface area (Å²) in [6.07, 6.45) is 1.15. The van der Waals surface area contributed by atoms with E-state index in [1.54, 1.807) is 16.2 Å². The van der Waals surface area contributed by atoms with Gasteiger partial charge in [0.05, 0.1) is 28.4 Å². The van der Waals surface area contributed by atoms with Crippen molar-refractivity contribution in [3.8, 4) is 0 Å². The van der Waals surface area contributed by atoms with Crippen molar-refractivity contribution in [1.82, 2.24) is 10.3 Å². The lowest BCUT2D eigenvalue weighted by Gasteiger charge is -2.24. The van der Waals surface area contributed by atoms with Crippen LogP contribution in [0.15, 0.2) is 48.5 Å². The first-order valence-corrected chi connectivity index (χ1v) is 10.7. The standard InChI is InChI=1S/C22H25N3O2S/c26-21(9-10-22-24-19-7-3-4-8-20(19)28-22)23-15-17-5-1-2-6-18(17)16-25-11-13-27-14-12-25/h1-8H,9-16H2,(H,23,26)/p+1. The SMILES string of the molecule is O=C(CCc1nc2ccccc2s1)NCc1ccccc1C[NH+]1CCOCC1. The number of aromatic nitrogens is 1. The second-order valence-corrected chi connectivity index (χ2v) is 8.28. The highest BCUT2D eigenvalue weighted by molar-refractivity contribution is 7.18. The van der Waals surface area contributed by atoms with E-state index in [0.717, 1.165) is 43.4 Å². The molecule has 5 nitrogen and oxygen atoms in total. The summed E-state index contributed by atoms with van der Waals surface area (Å²) >= 11 is 1.67. The number of fused-ring (bicyclic) bond motifs is 1. The lowest BCUT2D eigenvalue weighted by Crippen LogP contribution is -3.12. The maximum Gasteiger partial charge on any atom is 0.220 e. The molecular formula is C22H26N3O2S+. The Labute approximate surface area is 169 Å². The number of ether oxygens (including phenoxy) is 1. The molecule has 1 aliphatic heterocycles. The lowest BCUT2D eigenvalue weighted by molar-refractivity contribution is -0.921. The van der Waals surface area contributed by atoms with Gasteiger partial charge in [0.1, 0.15) is 19.6 Å². The number of rotatable bonds is 7. The summed E-state index contributed by atoms with van der Waals surface area (Å²) < 4.78 is 6.63. The summed E-state index contributed by atoms with van der Waals surface area (Å²) in [6.45, 7) is 5.32. The van der Waals surface area contributed by atoms with Crippen molar-refractivity contribution in [2.45, 2.75) is 25.9 Å². The molecule has 1 fully saturated rings. The van der Waals surface area contributed by atoms with Crippen LogP contribution in [0.3, 0.4) is 0 Å². The highest BCUT2D eigenvalue weighted by Gasteiger charge is 2.16. The van der Waals surface area contributed by atoms with E-state index in [-0.39, 0.29) is 5.91 Å². The molecule has 2 N–H and O–H groups in total. The molecule has 1 aromatic heterocycles. The van der Waals surface area contributed by atoms with Gasteiger partial charge in [-0.1, -0.05) is 36.4 Å². The number of benzene rings is 2. The van der Waals surface area contributed by atoms with Crippen molar-refractivity contribution in [3.63, 3.8) is 0 Å². The number of nitrogens with one attached hydrogen (secondary N) is 2. The van der Waals surface area contributed by atoms with Crippen LogP contribution in [0.5, 0.6) is 0 Å². The highest BCUT2D eigenvalue weighted by atomic mass is 32.1. The van der Waals surface area contributed by atoms with Gasteiger partial charge in [0, 0.05) is 24.9 Å². The van der Waals surface area contributed by atoms with Gasteiger partial charge < -0.3 is 15.0 Å². The van der Waals surface area contributed by atoms with Crippen LogP contribution < -0.4 is 10.2 Å². The summed E-state index contributed by atoms with van der Waals surface area (Å²) in [5.41, 5.74) is 3.53. The Kier molecular flexibility index (Phi) is 6.31. The monoisotopic (exact) mass is 396 g/mol. The number of carbonyl (C=O) groups excluding carboxylic acids is 1. The van der Waals surface area contributed by atoms with Crippen LogP contribution in [0.1, 0.15) is 22.6 Å². The maximum atomic E-state index is 12.4. The first-order valence-electron chi connectivity index (χ1n) is 9.87. The zero-order chi connectivity index (χ0) is 19.2. The quantitative estimate of drug-likeness (QED) is 0.642. The van der Waals surface area contributed by atoms with Gasteiger partial charge in [-0.25, -0.2) is 4.98 Å². The summed E-state index contributed by atoms with van der Waals surface area (Å²) in [5, 5.41) is 4.11. The molecule has 146 valence electrons. The predicted octanol–water partition coefficient (Wildman–Crippen LogP) is 1.96. The zero-order valence-electron chi connectivity index (χ0n) is 15.9. The number of thiazole rings is 1. The Morgan fingerprint density at radius 2 is 1.82 bits per heavy atom. The van der Waals surface area contributed by atoms with Crippen LogP contribution in [0, 0.1) is 0 Å². The van der Waals surface area contributed by atoms with Crippen LogP contribution in [0.25, 0.3) is 10.2 Å². The van der Waals surface area contributed by atoms with Gasteiger partial charge in [0.15, 0.2) is 0 Å². The number of para-hydroxylation sites is 1. The second-order valence-electron chi connectivity index (χ2n) is 7.16. The molecule has 0 unspecified atom stereocenters. The van der Waals surface area contributed by atoms with Gasteiger partial charge in [0.2, 0.25) is 5.91 Å². The molecule has 1 amide bonds. The molecular weight excluding hydrogens is 370 g/mol. The molecule has 4 rings (SSSR count). The fourth-order valence-corrected chi connectivity index (χ4v) is 4.50. The molecule has 28 heavy (non-hydrogen) atoms. The van der Waals surface area contributed by atoms with E-state index in [4.69, 9.17) is 4.74 Å². The number of amides is 1. The molecule has 2 aromatic carbocycles. The fraction of sp³-hybridized carbons (Fsp3) is 0.364. The maximum absolute atomic E-state index is 12.4. The van der Waals surface area contributed by atoms with Crippen molar-refractivity contribution in [2.24, 2.45) is 0 Å². The van der Waals surface area contributed by atoms with Crippen LogP contribution in [0.2, 0.25) is 0 Å². The molecule has 2 heterocycles. The molecule has 0 atom stereocenters. The van der Waals surface area contributed by atoms with E-state index in [1.165, 1.54) is 15.8 Å². The van der Waals surface area contributed by atoms with Gasteiger partial charge in [-0.05, 0) is 17.7 Å². The first-order chi connectivity index (χ1) is 13.8. The van der Waals surface area contributed by atoms with Crippen LogP contribution in [-0.2, 0) is 29.0 Å². The van der Waals surface area contributed by atoms with Crippen molar-refractivity contribution >= 4 is 27.5 Å². The average molecular weight is 397 g/mol. The molecule has 0 bridgehead atoms.